The van der Waals surface area contributed by atoms with Gasteiger partial charge >= 0.3 is 0 Å². The van der Waals surface area contributed by atoms with Crippen LogP contribution in [0.25, 0.3) is 16.9 Å². The second-order valence-corrected chi connectivity index (χ2v) is 8.75. The van der Waals surface area contributed by atoms with Crippen LogP contribution in [-0.4, -0.2) is 46.1 Å². The van der Waals surface area contributed by atoms with Gasteiger partial charge in [-0.15, -0.1) is 0 Å². The number of rotatable bonds is 7. The molecule has 3 aromatic rings. The number of aromatic nitrogens is 2. The van der Waals surface area contributed by atoms with Crippen molar-refractivity contribution in [3.05, 3.63) is 72.4 Å². The van der Waals surface area contributed by atoms with E-state index in [4.69, 9.17) is 5.10 Å². The lowest BCUT2D eigenvalue weighted by atomic mass is 9.84. The number of piperidine rings is 1. The first-order valence-electron chi connectivity index (χ1n) is 11.9. The summed E-state index contributed by atoms with van der Waals surface area (Å²) >= 11 is 0. The van der Waals surface area contributed by atoms with Crippen molar-refractivity contribution in [1.82, 2.24) is 20.0 Å². The second-order valence-electron chi connectivity index (χ2n) is 8.75. The van der Waals surface area contributed by atoms with Crippen molar-refractivity contribution in [2.75, 3.05) is 19.6 Å². The van der Waals surface area contributed by atoms with Gasteiger partial charge in [-0.1, -0.05) is 62.4 Å². The standard InChI is InChI=1S/C27H32N4O2/c1-3-16-28-26(32)20(2)21-14-17-30(18-15-21)27(33)24-19-31(23-12-8-5-9-13-23)29-25(24)22-10-6-4-7-11-22/h4-13,19-21H,3,14-18H2,1-2H3,(H,28,32)/t20-/m1/s1. The van der Waals surface area contributed by atoms with Crippen LogP contribution in [0.15, 0.2) is 66.9 Å². The van der Waals surface area contributed by atoms with Gasteiger partial charge in [0.1, 0.15) is 5.69 Å². The van der Waals surface area contributed by atoms with Gasteiger partial charge < -0.3 is 10.2 Å². The summed E-state index contributed by atoms with van der Waals surface area (Å²) in [6.45, 7) is 6.08. The van der Waals surface area contributed by atoms with E-state index in [1.807, 2.05) is 78.7 Å². The molecule has 1 saturated heterocycles. The van der Waals surface area contributed by atoms with Crippen molar-refractivity contribution in [3.8, 4) is 16.9 Å². The first-order chi connectivity index (χ1) is 16.1. The van der Waals surface area contributed by atoms with Gasteiger partial charge in [0.25, 0.3) is 5.91 Å². The Balaban J connectivity index is 1.52. The van der Waals surface area contributed by atoms with Crippen molar-refractivity contribution in [3.63, 3.8) is 0 Å². The molecule has 2 aromatic carbocycles. The highest BCUT2D eigenvalue weighted by atomic mass is 16.2. The lowest BCUT2D eigenvalue weighted by Crippen LogP contribution is -2.42. The van der Waals surface area contributed by atoms with Crippen LogP contribution in [-0.2, 0) is 4.79 Å². The van der Waals surface area contributed by atoms with Crippen molar-refractivity contribution in [2.24, 2.45) is 11.8 Å². The van der Waals surface area contributed by atoms with E-state index in [0.717, 1.165) is 30.5 Å². The van der Waals surface area contributed by atoms with Crippen LogP contribution in [0, 0.1) is 11.8 Å². The predicted octanol–water partition coefficient (Wildman–Crippen LogP) is 4.55. The first-order valence-corrected chi connectivity index (χ1v) is 11.9. The molecule has 1 N–H and O–H groups in total. The van der Waals surface area contributed by atoms with Crippen molar-refractivity contribution < 1.29 is 9.59 Å². The van der Waals surface area contributed by atoms with Crippen LogP contribution < -0.4 is 5.32 Å². The zero-order valence-corrected chi connectivity index (χ0v) is 19.4. The van der Waals surface area contributed by atoms with E-state index in [1.54, 1.807) is 4.68 Å². The number of para-hydroxylation sites is 1. The molecule has 0 unspecified atom stereocenters. The van der Waals surface area contributed by atoms with Crippen LogP contribution >= 0.6 is 0 Å². The van der Waals surface area contributed by atoms with Crippen LogP contribution in [0.4, 0.5) is 0 Å². The number of likely N-dealkylation sites (tertiary alicyclic amines) is 1. The van der Waals surface area contributed by atoms with Gasteiger partial charge in [0.2, 0.25) is 5.91 Å². The molecule has 2 amide bonds. The summed E-state index contributed by atoms with van der Waals surface area (Å²) in [6.07, 6.45) is 4.44. The van der Waals surface area contributed by atoms with Crippen molar-refractivity contribution in [1.29, 1.82) is 0 Å². The van der Waals surface area contributed by atoms with E-state index in [1.165, 1.54) is 0 Å². The molecular weight excluding hydrogens is 412 g/mol. The zero-order chi connectivity index (χ0) is 23.2. The maximum Gasteiger partial charge on any atom is 0.257 e. The molecule has 172 valence electrons. The lowest BCUT2D eigenvalue weighted by molar-refractivity contribution is -0.126. The summed E-state index contributed by atoms with van der Waals surface area (Å²) in [5.74, 6) is 0.385. The van der Waals surface area contributed by atoms with Crippen LogP contribution in [0.1, 0.15) is 43.5 Å². The highest BCUT2D eigenvalue weighted by molar-refractivity contribution is 6.00. The quantitative estimate of drug-likeness (QED) is 0.581. The van der Waals surface area contributed by atoms with E-state index in [0.29, 0.717) is 36.8 Å². The fourth-order valence-electron chi connectivity index (χ4n) is 4.45. The van der Waals surface area contributed by atoms with Crippen molar-refractivity contribution >= 4 is 11.8 Å². The van der Waals surface area contributed by atoms with Gasteiger partial charge in [-0.25, -0.2) is 4.68 Å². The van der Waals surface area contributed by atoms with E-state index in [-0.39, 0.29) is 17.7 Å². The number of nitrogens with one attached hydrogen (secondary N) is 1. The largest absolute Gasteiger partial charge is 0.356 e. The number of benzene rings is 2. The number of hydrogen-bond donors (Lipinski definition) is 1. The summed E-state index contributed by atoms with van der Waals surface area (Å²) in [7, 11) is 0. The Bertz CT molecular complexity index is 1070. The molecule has 6 nitrogen and oxygen atoms in total. The molecule has 1 aliphatic rings. The summed E-state index contributed by atoms with van der Waals surface area (Å²) in [5.41, 5.74) is 3.14. The Hall–Kier alpha value is -3.41. The Morgan fingerprint density at radius 1 is 1.03 bits per heavy atom. The number of hydrogen-bond acceptors (Lipinski definition) is 3. The van der Waals surface area contributed by atoms with Gasteiger partial charge in [-0.3, -0.25) is 9.59 Å². The van der Waals surface area contributed by atoms with Gasteiger partial charge in [-0.05, 0) is 37.3 Å². The minimum atomic E-state index is -0.0329. The fraction of sp³-hybridized carbons (Fsp3) is 0.370. The summed E-state index contributed by atoms with van der Waals surface area (Å²) in [5, 5.41) is 7.78. The lowest BCUT2D eigenvalue weighted by Gasteiger charge is -2.34. The average molecular weight is 445 g/mol. The summed E-state index contributed by atoms with van der Waals surface area (Å²) in [4.78, 5) is 27.9. The van der Waals surface area contributed by atoms with Crippen LogP contribution in [0.2, 0.25) is 0 Å². The monoisotopic (exact) mass is 444 g/mol. The first kappa shape index (κ1) is 22.8. The fourth-order valence-corrected chi connectivity index (χ4v) is 4.45. The Kier molecular flexibility index (Phi) is 7.23. The molecule has 0 spiro atoms. The topological polar surface area (TPSA) is 67.2 Å². The molecule has 33 heavy (non-hydrogen) atoms. The van der Waals surface area contributed by atoms with Gasteiger partial charge in [0, 0.05) is 37.3 Å². The Morgan fingerprint density at radius 3 is 2.30 bits per heavy atom. The predicted molar refractivity (Wildman–Crippen MR) is 130 cm³/mol. The molecule has 1 fully saturated rings. The van der Waals surface area contributed by atoms with E-state index >= 15 is 0 Å². The van der Waals surface area contributed by atoms with Crippen LogP contribution in [0.3, 0.4) is 0 Å². The number of nitrogens with zero attached hydrogens (tertiary/aromatic N) is 3. The smallest absolute Gasteiger partial charge is 0.257 e. The molecular formula is C27H32N4O2. The summed E-state index contributed by atoms with van der Waals surface area (Å²) in [6, 6.07) is 19.7. The minimum absolute atomic E-state index is 0.00225. The SMILES string of the molecule is CCCNC(=O)[C@H](C)C1CCN(C(=O)c2cn(-c3ccccc3)nc2-c2ccccc2)CC1. The van der Waals surface area contributed by atoms with Crippen molar-refractivity contribution in [2.45, 2.75) is 33.1 Å². The second kappa shape index (κ2) is 10.5. The van der Waals surface area contributed by atoms with E-state index < -0.39 is 0 Å². The number of amides is 2. The highest BCUT2D eigenvalue weighted by Crippen LogP contribution is 2.29. The van der Waals surface area contributed by atoms with Gasteiger partial charge in [-0.2, -0.15) is 5.10 Å². The molecule has 0 saturated carbocycles. The van der Waals surface area contributed by atoms with E-state index in [9.17, 15) is 9.59 Å². The Morgan fingerprint density at radius 2 is 1.67 bits per heavy atom. The minimum Gasteiger partial charge on any atom is -0.356 e. The highest BCUT2D eigenvalue weighted by Gasteiger charge is 2.31. The molecule has 0 radical (unpaired) electrons. The molecule has 4 rings (SSSR count). The third-order valence-corrected chi connectivity index (χ3v) is 6.51. The summed E-state index contributed by atoms with van der Waals surface area (Å²) < 4.78 is 1.78. The van der Waals surface area contributed by atoms with Gasteiger partial charge in [0.05, 0.1) is 11.3 Å². The maximum atomic E-state index is 13.6. The zero-order valence-electron chi connectivity index (χ0n) is 19.4. The number of carbonyl (C=O) groups is 2. The Labute approximate surface area is 195 Å². The maximum absolute atomic E-state index is 13.6. The molecule has 6 heteroatoms. The normalized spacial score (nSPS) is 15.3. The molecule has 0 bridgehead atoms. The van der Waals surface area contributed by atoms with E-state index in [2.05, 4.69) is 12.2 Å². The van der Waals surface area contributed by atoms with Gasteiger partial charge in [0.15, 0.2) is 0 Å². The number of carbonyl (C=O) groups excluding carboxylic acids is 2. The molecule has 1 aliphatic heterocycles. The third kappa shape index (κ3) is 5.16. The van der Waals surface area contributed by atoms with Crippen LogP contribution in [0.5, 0.6) is 0 Å². The molecule has 1 atom stereocenters. The third-order valence-electron chi connectivity index (χ3n) is 6.51. The molecule has 2 heterocycles. The average Bonchev–Trinajstić information content (AvgIpc) is 3.33. The molecule has 0 aliphatic carbocycles. The molecule has 1 aromatic heterocycles.